The van der Waals surface area contributed by atoms with Crippen LogP contribution in [0.3, 0.4) is 0 Å². The number of nitrogens with zero attached hydrogens (tertiary/aromatic N) is 3. The molecule has 0 aliphatic carbocycles. The van der Waals surface area contributed by atoms with Crippen LogP contribution in [0.5, 0.6) is 0 Å². The van der Waals surface area contributed by atoms with E-state index in [2.05, 4.69) is 32.5 Å². The molecule has 0 spiro atoms. The molecule has 0 unspecified atom stereocenters. The summed E-state index contributed by atoms with van der Waals surface area (Å²) in [6.07, 6.45) is 1.89. The monoisotopic (exact) mass is 263 g/mol. The Balaban J connectivity index is 2.04. The molecule has 0 saturated carbocycles. The summed E-state index contributed by atoms with van der Waals surface area (Å²) < 4.78 is 0. The number of aryl methyl sites for hydroxylation is 2. The van der Waals surface area contributed by atoms with E-state index in [1.807, 2.05) is 26.1 Å². The van der Waals surface area contributed by atoms with Crippen molar-refractivity contribution in [2.75, 3.05) is 17.2 Å². The van der Waals surface area contributed by atoms with Crippen LogP contribution in [-0.4, -0.2) is 21.5 Å². The summed E-state index contributed by atoms with van der Waals surface area (Å²) in [5, 5.41) is 7.45. The van der Waals surface area contributed by atoms with Crippen LogP contribution < -0.4 is 10.6 Å². The van der Waals surface area contributed by atoms with Gasteiger partial charge in [0.1, 0.15) is 10.8 Å². The molecule has 6 heteroatoms. The first kappa shape index (κ1) is 12.8. The quantitative estimate of drug-likeness (QED) is 0.868. The van der Waals surface area contributed by atoms with Gasteiger partial charge in [0.2, 0.25) is 5.95 Å². The molecule has 96 valence electrons. The number of nitrogens with one attached hydrogen (secondary N) is 2. The third-order valence-electron chi connectivity index (χ3n) is 2.28. The van der Waals surface area contributed by atoms with Gasteiger partial charge in [-0.05, 0) is 20.8 Å². The van der Waals surface area contributed by atoms with Gasteiger partial charge < -0.3 is 10.6 Å². The van der Waals surface area contributed by atoms with Crippen LogP contribution in [-0.2, 0) is 6.54 Å². The molecule has 18 heavy (non-hydrogen) atoms. The summed E-state index contributed by atoms with van der Waals surface area (Å²) in [5.41, 5.74) is 0.943. The molecule has 0 radical (unpaired) electrons. The second-order valence-corrected chi connectivity index (χ2v) is 5.29. The zero-order valence-electron chi connectivity index (χ0n) is 10.8. The van der Waals surface area contributed by atoms with Gasteiger partial charge in [-0.25, -0.2) is 9.97 Å². The number of hydrogen-bond acceptors (Lipinski definition) is 6. The largest absolute Gasteiger partial charge is 0.363 e. The van der Waals surface area contributed by atoms with Gasteiger partial charge in [-0.2, -0.15) is 4.98 Å². The van der Waals surface area contributed by atoms with E-state index < -0.39 is 0 Å². The van der Waals surface area contributed by atoms with E-state index in [-0.39, 0.29) is 0 Å². The first-order valence-electron chi connectivity index (χ1n) is 5.92. The highest BCUT2D eigenvalue weighted by atomic mass is 32.1. The topological polar surface area (TPSA) is 62.7 Å². The SMILES string of the molecule is CCNc1nc(C)cc(NCc2ncc(C)s2)n1. The summed E-state index contributed by atoms with van der Waals surface area (Å²) >= 11 is 1.69. The van der Waals surface area contributed by atoms with Crippen molar-refractivity contribution in [2.45, 2.75) is 27.3 Å². The summed E-state index contributed by atoms with van der Waals surface area (Å²) in [7, 11) is 0. The Kier molecular flexibility index (Phi) is 4.09. The van der Waals surface area contributed by atoms with Crippen molar-refractivity contribution in [1.82, 2.24) is 15.0 Å². The Bertz CT molecular complexity index is 523. The predicted octanol–water partition coefficient (Wildman–Crippen LogP) is 2.59. The fourth-order valence-corrected chi connectivity index (χ4v) is 2.27. The zero-order chi connectivity index (χ0) is 13.0. The summed E-state index contributed by atoms with van der Waals surface area (Å²) in [6, 6.07) is 1.93. The lowest BCUT2D eigenvalue weighted by molar-refractivity contribution is 1.02. The molecule has 0 aromatic carbocycles. The second kappa shape index (κ2) is 5.77. The van der Waals surface area contributed by atoms with Crippen molar-refractivity contribution in [3.8, 4) is 0 Å². The molecule has 2 N–H and O–H groups in total. The summed E-state index contributed by atoms with van der Waals surface area (Å²) in [5.74, 6) is 1.49. The van der Waals surface area contributed by atoms with E-state index in [0.29, 0.717) is 12.5 Å². The Morgan fingerprint density at radius 3 is 2.72 bits per heavy atom. The minimum atomic E-state index is 0.662. The molecule has 2 aromatic rings. The summed E-state index contributed by atoms with van der Waals surface area (Å²) in [4.78, 5) is 14.2. The predicted molar refractivity (Wildman–Crippen MR) is 75.1 cm³/mol. The fourth-order valence-electron chi connectivity index (χ4n) is 1.55. The van der Waals surface area contributed by atoms with Crippen molar-refractivity contribution in [2.24, 2.45) is 0 Å². The minimum absolute atomic E-state index is 0.662. The first-order chi connectivity index (χ1) is 8.67. The van der Waals surface area contributed by atoms with E-state index in [0.717, 1.165) is 23.1 Å². The number of thiazole rings is 1. The molecule has 2 heterocycles. The Hall–Kier alpha value is -1.69. The van der Waals surface area contributed by atoms with Crippen LogP contribution in [0, 0.1) is 13.8 Å². The van der Waals surface area contributed by atoms with E-state index >= 15 is 0 Å². The molecular weight excluding hydrogens is 246 g/mol. The van der Waals surface area contributed by atoms with Crippen molar-refractivity contribution < 1.29 is 0 Å². The lowest BCUT2D eigenvalue weighted by Crippen LogP contribution is -2.07. The van der Waals surface area contributed by atoms with E-state index in [4.69, 9.17) is 0 Å². The van der Waals surface area contributed by atoms with Crippen LogP contribution in [0.1, 0.15) is 22.5 Å². The molecule has 0 fully saturated rings. The maximum atomic E-state index is 4.39. The number of rotatable bonds is 5. The highest BCUT2D eigenvalue weighted by Crippen LogP contribution is 2.14. The Morgan fingerprint density at radius 2 is 2.06 bits per heavy atom. The van der Waals surface area contributed by atoms with Crippen molar-refractivity contribution in [1.29, 1.82) is 0 Å². The van der Waals surface area contributed by atoms with Crippen LogP contribution in [0.25, 0.3) is 0 Å². The van der Waals surface area contributed by atoms with Gasteiger partial charge in [0.25, 0.3) is 0 Å². The number of anilines is 2. The molecule has 2 rings (SSSR count). The highest BCUT2D eigenvalue weighted by molar-refractivity contribution is 7.11. The number of hydrogen-bond donors (Lipinski definition) is 2. The fraction of sp³-hybridized carbons (Fsp3) is 0.417. The maximum Gasteiger partial charge on any atom is 0.224 e. The maximum absolute atomic E-state index is 4.39. The van der Waals surface area contributed by atoms with E-state index in [1.165, 1.54) is 4.88 Å². The van der Waals surface area contributed by atoms with Crippen LogP contribution >= 0.6 is 11.3 Å². The van der Waals surface area contributed by atoms with Gasteiger partial charge in [-0.3, -0.25) is 0 Å². The third kappa shape index (κ3) is 3.40. The Labute approximate surface area is 111 Å². The molecule has 0 bridgehead atoms. The molecule has 0 aliphatic heterocycles. The van der Waals surface area contributed by atoms with Gasteiger partial charge >= 0.3 is 0 Å². The molecular formula is C12H17N5S. The lowest BCUT2D eigenvalue weighted by Gasteiger charge is -2.07. The van der Waals surface area contributed by atoms with E-state index in [9.17, 15) is 0 Å². The van der Waals surface area contributed by atoms with Gasteiger partial charge in [0.05, 0.1) is 6.54 Å². The minimum Gasteiger partial charge on any atom is -0.363 e. The van der Waals surface area contributed by atoms with Gasteiger partial charge in [0.15, 0.2) is 0 Å². The normalized spacial score (nSPS) is 10.4. The van der Waals surface area contributed by atoms with Crippen LogP contribution in [0.2, 0.25) is 0 Å². The summed E-state index contributed by atoms with van der Waals surface area (Å²) in [6.45, 7) is 7.55. The average Bonchev–Trinajstić information content (AvgIpc) is 2.72. The average molecular weight is 263 g/mol. The van der Waals surface area contributed by atoms with Crippen molar-refractivity contribution in [3.05, 3.63) is 27.8 Å². The van der Waals surface area contributed by atoms with Gasteiger partial charge in [-0.1, -0.05) is 0 Å². The molecule has 0 saturated heterocycles. The van der Waals surface area contributed by atoms with Crippen molar-refractivity contribution in [3.63, 3.8) is 0 Å². The standard InChI is InChI=1S/C12H17N5S/c1-4-13-12-16-8(2)5-10(17-12)14-7-11-15-6-9(3)18-11/h5-6H,4,7H2,1-3H3,(H2,13,14,16,17). The smallest absolute Gasteiger partial charge is 0.224 e. The third-order valence-corrected chi connectivity index (χ3v) is 3.19. The molecule has 0 amide bonds. The van der Waals surface area contributed by atoms with E-state index in [1.54, 1.807) is 11.3 Å². The second-order valence-electron chi connectivity index (χ2n) is 3.97. The molecule has 5 nitrogen and oxygen atoms in total. The lowest BCUT2D eigenvalue weighted by atomic mass is 10.4. The first-order valence-corrected chi connectivity index (χ1v) is 6.73. The van der Waals surface area contributed by atoms with Crippen molar-refractivity contribution >= 4 is 23.1 Å². The number of aromatic nitrogens is 3. The molecule has 0 atom stereocenters. The molecule has 2 aromatic heterocycles. The zero-order valence-corrected chi connectivity index (χ0v) is 11.6. The van der Waals surface area contributed by atoms with Gasteiger partial charge in [0, 0.05) is 29.4 Å². The Morgan fingerprint density at radius 1 is 1.22 bits per heavy atom. The van der Waals surface area contributed by atoms with Gasteiger partial charge in [-0.15, -0.1) is 11.3 Å². The molecule has 0 aliphatic rings. The van der Waals surface area contributed by atoms with Crippen LogP contribution in [0.15, 0.2) is 12.3 Å². The van der Waals surface area contributed by atoms with Crippen LogP contribution in [0.4, 0.5) is 11.8 Å². The highest BCUT2D eigenvalue weighted by Gasteiger charge is 2.03.